The van der Waals surface area contributed by atoms with Crippen molar-refractivity contribution in [3.63, 3.8) is 0 Å². The Balaban J connectivity index is 1.26. The van der Waals surface area contributed by atoms with Gasteiger partial charge in [-0.05, 0) is 80.0 Å². The van der Waals surface area contributed by atoms with Gasteiger partial charge in [-0.1, -0.05) is 170 Å². The average molecular weight is 600 g/mol. The van der Waals surface area contributed by atoms with Crippen molar-refractivity contribution in [3.05, 3.63) is 200 Å². The summed E-state index contributed by atoms with van der Waals surface area (Å²) < 4.78 is 0. The largest absolute Gasteiger partial charge is 0.310 e. The first kappa shape index (κ1) is 28.3. The van der Waals surface area contributed by atoms with E-state index in [0.29, 0.717) is 0 Å². The van der Waals surface area contributed by atoms with Gasteiger partial charge < -0.3 is 4.90 Å². The standard InChI is InChI=1S/C46H33N/c1-4-14-34(15-5-1)35-24-29-40(30-25-35)47(45-23-13-12-21-42(45)36-16-6-2-7-17-36)41-31-26-38(27-32-41)44-33-28-37-18-10-11-22-43(37)46(44)39-19-8-3-9-20-39/h1-33H. The monoisotopic (exact) mass is 599 g/mol. The quantitative estimate of drug-likeness (QED) is 0.176. The zero-order chi connectivity index (χ0) is 31.4. The summed E-state index contributed by atoms with van der Waals surface area (Å²) in [6.45, 7) is 0. The summed E-state index contributed by atoms with van der Waals surface area (Å²) in [5.74, 6) is 0. The molecule has 47 heavy (non-hydrogen) atoms. The predicted molar refractivity (Wildman–Crippen MR) is 200 cm³/mol. The fourth-order valence-electron chi connectivity index (χ4n) is 6.61. The van der Waals surface area contributed by atoms with E-state index >= 15 is 0 Å². The number of fused-ring (bicyclic) bond motifs is 1. The van der Waals surface area contributed by atoms with Crippen LogP contribution in [0.25, 0.3) is 55.3 Å². The Hall–Kier alpha value is -6.18. The molecular formula is C46H33N. The van der Waals surface area contributed by atoms with Crippen molar-refractivity contribution in [1.29, 1.82) is 0 Å². The minimum atomic E-state index is 1.10. The molecule has 0 aliphatic carbocycles. The van der Waals surface area contributed by atoms with Crippen LogP contribution in [0.15, 0.2) is 200 Å². The predicted octanol–water partition coefficient (Wildman–Crippen LogP) is 13.0. The van der Waals surface area contributed by atoms with Gasteiger partial charge in [0, 0.05) is 16.9 Å². The van der Waals surface area contributed by atoms with Crippen LogP contribution in [0.5, 0.6) is 0 Å². The second-order valence-electron chi connectivity index (χ2n) is 11.8. The van der Waals surface area contributed by atoms with E-state index in [1.165, 1.54) is 55.3 Å². The van der Waals surface area contributed by atoms with Crippen molar-refractivity contribution in [3.8, 4) is 44.5 Å². The van der Waals surface area contributed by atoms with Crippen LogP contribution < -0.4 is 4.90 Å². The maximum atomic E-state index is 2.37. The Morgan fingerprint density at radius 1 is 0.277 bits per heavy atom. The lowest BCUT2D eigenvalue weighted by molar-refractivity contribution is 1.28. The molecule has 8 aromatic rings. The van der Waals surface area contributed by atoms with Crippen LogP contribution in [0.1, 0.15) is 0 Å². The molecule has 0 spiro atoms. The second kappa shape index (κ2) is 12.7. The molecule has 0 saturated heterocycles. The molecule has 0 unspecified atom stereocenters. The van der Waals surface area contributed by atoms with Crippen LogP contribution in [0.4, 0.5) is 17.1 Å². The number of nitrogens with zero attached hydrogens (tertiary/aromatic N) is 1. The van der Waals surface area contributed by atoms with E-state index in [9.17, 15) is 0 Å². The van der Waals surface area contributed by atoms with Crippen LogP contribution in [0.3, 0.4) is 0 Å². The van der Waals surface area contributed by atoms with E-state index in [0.717, 1.165) is 17.1 Å². The van der Waals surface area contributed by atoms with Crippen LogP contribution in [0, 0.1) is 0 Å². The SMILES string of the molecule is c1ccc(-c2ccc(N(c3ccc(-c4ccc5ccccc5c4-c4ccccc4)cc3)c3ccccc3-c3ccccc3)cc2)cc1. The Bertz CT molecular complexity index is 2250. The topological polar surface area (TPSA) is 3.24 Å². The number of rotatable bonds is 7. The zero-order valence-electron chi connectivity index (χ0n) is 26.0. The van der Waals surface area contributed by atoms with Gasteiger partial charge in [-0.3, -0.25) is 0 Å². The Kier molecular flexibility index (Phi) is 7.63. The molecule has 8 rings (SSSR count). The third-order valence-corrected chi connectivity index (χ3v) is 8.89. The molecule has 1 nitrogen and oxygen atoms in total. The molecule has 0 radical (unpaired) electrons. The third-order valence-electron chi connectivity index (χ3n) is 8.89. The van der Waals surface area contributed by atoms with Gasteiger partial charge in [0.25, 0.3) is 0 Å². The lowest BCUT2D eigenvalue weighted by Gasteiger charge is -2.28. The van der Waals surface area contributed by atoms with E-state index < -0.39 is 0 Å². The molecule has 0 fully saturated rings. The summed E-state index contributed by atoms with van der Waals surface area (Å²) in [6.07, 6.45) is 0. The number of anilines is 3. The second-order valence-corrected chi connectivity index (χ2v) is 11.8. The van der Waals surface area contributed by atoms with Gasteiger partial charge in [0.1, 0.15) is 0 Å². The molecular weight excluding hydrogens is 567 g/mol. The summed E-state index contributed by atoms with van der Waals surface area (Å²) in [7, 11) is 0. The Morgan fingerprint density at radius 2 is 0.745 bits per heavy atom. The van der Waals surface area contributed by atoms with Crippen LogP contribution in [-0.2, 0) is 0 Å². The van der Waals surface area contributed by atoms with Crippen molar-refractivity contribution in [1.82, 2.24) is 0 Å². The lowest BCUT2D eigenvalue weighted by atomic mass is 9.89. The normalized spacial score (nSPS) is 11.0. The highest BCUT2D eigenvalue weighted by atomic mass is 15.1. The zero-order valence-corrected chi connectivity index (χ0v) is 26.0. The third kappa shape index (κ3) is 5.60. The maximum absolute atomic E-state index is 2.37. The van der Waals surface area contributed by atoms with Crippen molar-refractivity contribution in [2.45, 2.75) is 0 Å². The van der Waals surface area contributed by atoms with Gasteiger partial charge in [0.15, 0.2) is 0 Å². The highest BCUT2D eigenvalue weighted by Crippen LogP contribution is 2.43. The molecule has 0 aliphatic heterocycles. The molecule has 0 N–H and O–H groups in total. The minimum Gasteiger partial charge on any atom is -0.310 e. The fourth-order valence-corrected chi connectivity index (χ4v) is 6.61. The Labute approximate surface area is 276 Å². The minimum absolute atomic E-state index is 1.10. The van der Waals surface area contributed by atoms with Crippen LogP contribution >= 0.6 is 0 Å². The summed E-state index contributed by atoms with van der Waals surface area (Å²) in [5, 5.41) is 2.51. The van der Waals surface area contributed by atoms with Gasteiger partial charge in [-0.15, -0.1) is 0 Å². The summed E-state index contributed by atoms with van der Waals surface area (Å²) in [4.78, 5) is 2.37. The van der Waals surface area contributed by atoms with Crippen molar-refractivity contribution < 1.29 is 0 Å². The molecule has 0 aromatic heterocycles. The van der Waals surface area contributed by atoms with Gasteiger partial charge in [0.05, 0.1) is 5.69 Å². The van der Waals surface area contributed by atoms with Gasteiger partial charge in [-0.25, -0.2) is 0 Å². The smallest absolute Gasteiger partial charge is 0.0540 e. The van der Waals surface area contributed by atoms with Gasteiger partial charge >= 0.3 is 0 Å². The number of hydrogen-bond donors (Lipinski definition) is 0. The van der Waals surface area contributed by atoms with Crippen molar-refractivity contribution in [2.24, 2.45) is 0 Å². The van der Waals surface area contributed by atoms with Gasteiger partial charge in [-0.2, -0.15) is 0 Å². The highest BCUT2D eigenvalue weighted by molar-refractivity contribution is 6.04. The molecule has 0 bridgehead atoms. The van der Waals surface area contributed by atoms with Crippen molar-refractivity contribution >= 4 is 27.8 Å². The Morgan fingerprint density at radius 3 is 1.40 bits per heavy atom. The van der Waals surface area contributed by atoms with Crippen molar-refractivity contribution in [2.75, 3.05) is 4.90 Å². The number of hydrogen-bond acceptors (Lipinski definition) is 1. The lowest BCUT2D eigenvalue weighted by Crippen LogP contribution is -2.11. The number of para-hydroxylation sites is 1. The maximum Gasteiger partial charge on any atom is 0.0540 e. The van der Waals surface area contributed by atoms with Crippen LogP contribution in [0.2, 0.25) is 0 Å². The molecule has 8 aromatic carbocycles. The van der Waals surface area contributed by atoms with E-state index in [-0.39, 0.29) is 0 Å². The van der Waals surface area contributed by atoms with E-state index in [1.54, 1.807) is 0 Å². The highest BCUT2D eigenvalue weighted by Gasteiger charge is 2.18. The van der Waals surface area contributed by atoms with E-state index in [2.05, 4.69) is 205 Å². The molecule has 0 amide bonds. The number of benzene rings is 8. The average Bonchev–Trinajstić information content (AvgIpc) is 3.16. The summed E-state index contributed by atoms with van der Waals surface area (Å²) in [6, 6.07) is 71.8. The van der Waals surface area contributed by atoms with E-state index in [4.69, 9.17) is 0 Å². The molecule has 0 heterocycles. The first-order chi connectivity index (χ1) is 23.3. The molecule has 1 heteroatoms. The first-order valence-corrected chi connectivity index (χ1v) is 16.1. The first-order valence-electron chi connectivity index (χ1n) is 16.1. The molecule has 0 atom stereocenters. The van der Waals surface area contributed by atoms with Crippen LogP contribution in [-0.4, -0.2) is 0 Å². The molecule has 0 aliphatic rings. The molecule has 222 valence electrons. The summed E-state index contributed by atoms with van der Waals surface area (Å²) in [5.41, 5.74) is 13.0. The molecule has 0 saturated carbocycles. The summed E-state index contributed by atoms with van der Waals surface area (Å²) >= 11 is 0. The van der Waals surface area contributed by atoms with Gasteiger partial charge in [0.2, 0.25) is 0 Å². The van der Waals surface area contributed by atoms with E-state index in [1.807, 2.05) is 0 Å². The fraction of sp³-hybridized carbons (Fsp3) is 0.